The first kappa shape index (κ1) is 14.9. The Hall–Kier alpha value is -1.54. The second-order valence-corrected chi connectivity index (χ2v) is 7.52. The first-order valence-corrected chi connectivity index (χ1v) is 8.32. The van der Waals surface area contributed by atoms with E-state index in [0.29, 0.717) is 24.5 Å². The zero-order chi connectivity index (χ0) is 14.8. The van der Waals surface area contributed by atoms with Crippen molar-refractivity contribution in [3.63, 3.8) is 0 Å². The Morgan fingerprint density at radius 1 is 1.30 bits per heavy atom. The van der Waals surface area contributed by atoms with Crippen molar-refractivity contribution in [2.75, 3.05) is 7.11 Å². The van der Waals surface area contributed by atoms with Crippen molar-refractivity contribution >= 4 is 9.84 Å². The molecule has 3 atom stereocenters. The summed E-state index contributed by atoms with van der Waals surface area (Å²) in [5, 5.41) is 8.61. The Kier molecular flexibility index (Phi) is 4.34. The predicted molar refractivity (Wildman–Crippen MR) is 76.1 cm³/mol. The number of para-hydroxylation sites is 1. The lowest BCUT2D eigenvalue weighted by Crippen LogP contribution is -2.35. The van der Waals surface area contributed by atoms with Gasteiger partial charge in [0.1, 0.15) is 10.6 Å². The molecule has 1 aliphatic carbocycles. The molecule has 1 aliphatic rings. The van der Waals surface area contributed by atoms with Crippen molar-refractivity contribution in [1.82, 2.24) is 0 Å². The summed E-state index contributed by atoms with van der Waals surface area (Å²) in [7, 11) is -2.09. The normalized spacial score (nSPS) is 26.8. The van der Waals surface area contributed by atoms with E-state index in [0.717, 1.165) is 6.42 Å². The first-order valence-electron chi connectivity index (χ1n) is 6.77. The van der Waals surface area contributed by atoms with Gasteiger partial charge in [0, 0.05) is 0 Å². The van der Waals surface area contributed by atoms with Crippen LogP contribution in [0.3, 0.4) is 0 Å². The lowest BCUT2D eigenvalue weighted by atomic mass is 9.83. The van der Waals surface area contributed by atoms with Crippen LogP contribution in [0.4, 0.5) is 0 Å². The van der Waals surface area contributed by atoms with E-state index in [2.05, 4.69) is 6.07 Å². The highest BCUT2D eigenvalue weighted by Gasteiger charge is 2.40. The fourth-order valence-corrected chi connectivity index (χ4v) is 5.07. The van der Waals surface area contributed by atoms with Crippen LogP contribution in [0, 0.1) is 23.2 Å². The largest absolute Gasteiger partial charge is 0.495 e. The monoisotopic (exact) mass is 293 g/mol. The molecular weight excluding hydrogens is 274 g/mol. The molecule has 1 aromatic rings. The lowest BCUT2D eigenvalue weighted by molar-refractivity contribution is 0.333. The molecule has 0 aromatic heterocycles. The summed E-state index contributed by atoms with van der Waals surface area (Å²) < 4.78 is 30.9. The second kappa shape index (κ2) is 5.84. The van der Waals surface area contributed by atoms with Crippen LogP contribution in [0.15, 0.2) is 29.2 Å². The van der Waals surface area contributed by atoms with Crippen LogP contribution in [0.5, 0.6) is 5.75 Å². The van der Waals surface area contributed by atoms with E-state index in [1.165, 1.54) is 7.11 Å². The highest BCUT2D eigenvalue weighted by atomic mass is 32.2. The summed E-state index contributed by atoms with van der Waals surface area (Å²) in [4.78, 5) is 0.196. The molecule has 20 heavy (non-hydrogen) atoms. The molecule has 0 saturated heterocycles. The molecule has 0 spiro atoms. The zero-order valence-electron chi connectivity index (χ0n) is 11.7. The molecule has 108 valence electrons. The maximum Gasteiger partial charge on any atom is 0.186 e. The highest BCUT2D eigenvalue weighted by Crippen LogP contribution is 2.38. The van der Waals surface area contributed by atoms with Crippen LogP contribution in [-0.2, 0) is 9.84 Å². The molecule has 0 aliphatic heterocycles. The number of rotatable bonds is 3. The van der Waals surface area contributed by atoms with Gasteiger partial charge >= 0.3 is 0 Å². The topological polar surface area (TPSA) is 67.2 Å². The van der Waals surface area contributed by atoms with Crippen LogP contribution < -0.4 is 4.74 Å². The molecule has 5 heteroatoms. The third-order valence-electron chi connectivity index (χ3n) is 3.99. The van der Waals surface area contributed by atoms with Gasteiger partial charge in [-0.2, -0.15) is 5.26 Å². The number of nitriles is 1. The third-order valence-corrected chi connectivity index (χ3v) is 6.26. The van der Waals surface area contributed by atoms with Gasteiger partial charge in [-0.25, -0.2) is 8.42 Å². The molecular formula is C15H19NO3S. The van der Waals surface area contributed by atoms with Gasteiger partial charge in [0.2, 0.25) is 0 Å². The maximum atomic E-state index is 12.9. The van der Waals surface area contributed by atoms with E-state index >= 15 is 0 Å². The van der Waals surface area contributed by atoms with E-state index in [-0.39, 0.29) is 4.90 Å². The molecule has 1 fully saturated rings. The van der Waals surface area contributed by atoms with E-state index in [1.807, 2.05) is 6.92 Å². The SMILES string of the molecule is COc1ccccc1S(=O)(=O)C1CC(C)CCC1C#N. The van der Waals surface area contributed by atoms with Crippen molar-refractivity contribution in [3.05, 3.63) is 24.3 Å². The van der Waals surface area contributed by atoms with Crippen molar-refractivity contribution < 1.29 is 13.2 Å². The summed E-state index contributed by atoms with van der Waals surface area (Å²) >= 11 is 0. The van der Waals surface area contributed by atoms with Gasteiger partial charge in [0.15, 0.2) is 9.84 Å². The van der Waals surface area contributed by atoms with E-state index < -0.39 is 21.0 Å². The third kappa shape index (κ3) is 2.66. The Labute approximate surface area is 120 Å². The molecule has 1 aromatic carbocycles. The van der Waals surface area contributed by atoms with E-state index in [9.17, 15) is 13.7 Å². The average molecular weight is 293 g/mol. The number of hydrogen-bond acceptors (Lipinski definition) is 4. The lowest BCUT2D eigenvalue weighted by Gasteiger charge is -2.30. The van der Waals surface area contributed by atoms with Crippen LogP contribution in [-0.4, -0.2) is 20.8 Å². The van der Waals surface area contributed by atoms with Crippen LogP contribution in [0.2, 0.25) is 0 Å². The van der Waals surface area contributed by atoms with Crippen molar-refractivity contribution in [3.8, 4) is 11.8 Å². The number of ether oxygens (including phenoxy) is 1. The minimum Gasteiger partial charge on any atom is -0.495 e. The molecule has 1 saturated carbocycles. The van der Waals surface area contributed by atoms with Crippen LogP contribution in [0.25, 0.3) is 0 Å². The summed E-state index contributed by atoms with van der Waals surface area (Å²) in [5.74, 6) is 0.248. The Morgan fingerprint density at radius 3 is 2.65 bits per heavy atom. The summed E-state index contributed by atoms with van der Waals surface area (Å²) in [6.07, 6.45) is 2.10. The Balaban J connectivity index is 2.45. The van der Waals surface area contributed by atoms with Crippen LogP contribution in [0.1, 0.15) is 26.2 Å². The van der Waals surface area contributed by atoms with Gasteiger partial charge in [0.05, 0.1) is 24.3 Å². The molecule has 4 nitrogen and oxygen atoms in total. The molecule has 2 rings (SSSR count). The zero-order valence-corrected chi connectivity index (χ0v) is 12.6. The minimum absolute atomic E-state index is 0.196. The number of nitrogens with zero attached hydrogens (tertiary/aromatic N) is 1. The quantitative estimate of drug-likeness (QED) is 0.859. The number of hydrogen-bond donors (Lipinski definition) is 0. The van der Waals surface area contributed by atoms with Gasteiger partial charge in [-0.3, -0.25) is 0 Å². The smallest absolute Gasteiger partial charge is 0.186 e. The minimum atomic E-state index is -3.55. The molecule has 0 heterocycles. The Morgan fingerprint density at radius 2 is 2.00 bits per heavy atom. The van der Waals surface area contributed by atoms with E-state index in [1.54, 1.807) is 24.3 Å². The first-order chi connectivity index (χ1) is 9.50. The summed E-state index contributed by atoms with van der Waals surface area (Å²) in [6.45, 7) is 2.04. The molecule has 0 amide bonds. The summed E-state index contributed by atoms with van der Waals surface area (Å²) in [6, 6.07) is 8.79. The molecule has 0 N–H and O–H groups in total. The number of methoxy groups -OCH3 is 1. The van der Waals surface area contributed by atoms with Gasteiger partial charge in [-0.1, -0.05) is 19.1 Å². The maximum absolute atomic E-state index is 12.9. The van der Waals surface area contributed by atoms with Gasteiger partial charge < -0.3 is 4.74 Å². The van der Waals surface area contributed by atoms with E-state index in [4.69, 9.17) is 4.74 Å². The number of sulfone groups is 1. The molecule has 3 unspecified atom stereocenters. The van der Waals surface area contributed by atoms with Gasteiger partial charge in [0.25, 0.3) is 0 Å². The predicted octanol–water partition coefficient (Wildman–Crippen LogP) is 2.80. The van der Waals surface area contributed by atoms with Crippen molar-refractivity contribution in [1.29, 1.82) is 5.26 Å². The molecule has 0 radical (unpaired) electrons. The highest BCUT2D eigenvalue weighted by molar-refractivity contribution is 7.92. The Bertz CT molecular complexity index is 618. The number of benzene rings is 1. The van der Waals surface area contributed by atoms with Crippen molar-refractivity contribution in [2.45, 2.75) is 36.3 Å². The van der Waals surface area contributed by atoms with Crippen molar-refractivity contribution in [2.24, 2.45) is 11.8 Å². The summed E-state index contributed by atoms with van der Waals surface area (Å²) in [5.41, 5.74) is 0. The average Bonchev–Trinajstić information content (AvgIpc) is 2.47. The standard InChI is InChI=1S/C15H19NO3S/c1-11-7-8-12(10-16)15(9-11)20(17,18)14-6-4-3-5-13(14)19-2/h3-6,11-12,15H,7-9H2,1-2H3. The fraction of sp³-hybridized carbons (Fsp3) is 0.533. The van der Waals surface area contributed by atoms with Gasteiger partial charge in [-0.15, -0.1) is 0 Å². The van der Waals surface area contributed by atoms with Crippen LogP contribution >= 0.6 is 0 Å². The fourth-order valence-electron chi connectivity index (χ4n) is 2.84. The van der Waals surface area contributed by atoms with Gasteiger partial charge in [-0.05, 0) is 37.3 Å². The second-order valence-electron chi connectivity index (χ2n) is 5.39. The molecule has 0 bridgehead atoms.